The van der Waals surface area contributed by atoms with Crippen LogP contribution in [0, 0.1) is 0 Å². The molecular weight excluding hydrogens is 273 g/mol. The van der Waals surface area contributed by atoms with Gasteiger partial charge in [0, 0.05) is 13.2 Å². The Morgan fingerprint density at radius 3 is 2.61 bits per heavy atom. The molecule has 2 aromatic heterocycles. The summed E-state index contributed by atoms with van der Waals surface area (Å²) in [4.78, 5) is 7.42. The minimum atomic E-state index is -4.50. The highest BCUT2D eigenvalue weighted by Gasteiger charge is 2.32. The van der Waals surface area contributed by atoms with E-state index in [4.69, 9.17) is 16.1 Å². The number of nitrogens with zero attached hydrogens (tertiary/aromatic N) is 3. The molecule has 2 rings (SSSR count). The lowest BCUT2D eigenvalue weighted by Gasteiger charge is -2.06. The molecule has 2 heterocycles. The van der Waals surface area contributed by atoms with Crippen molar-refractivity contribution in [1.82, 2.24) is 15.1 Å². The number of rotatable bonds is 2. The van der Waals surface area contributed by atoms with Crippen LogP contribution in [0.15, 0.2) is 16.8 Å². The average molecular weight is 279 g/mol. The van der Waals surface area contributed by atoms with Gasteiger partial charge in [0.25, 0.3) is 11.8 Å². The molecule has 0 unspecified atom stereocenters. The van der Waals surface area contributed by atoms with Gasteiger partial charge in [-0.2, -0.15) is 18.2 Å². The van der Waals surface area contributed by atoms with Gasteiger partial charge in [0.1, 0.15) is 5.69 Å². The zero-order valence-corrected chi connectivity index (χ0v) is 9.67. The number of aromatic nitrogens is 3. The van der Waals surface area contributed by atoms with Crippen LogP contribution in [0.25, 0.3) is 11.6 Å². The van der Waals surface area contributed by atoms with E-state index in [-0.39, 0.29) is 22.6 Å². The summed E-state index contributed by atoms with van der Waals surface area (Å²) >= 11 is 5.71. The Morgan fingerprint density at radius 1 is 1.39 bits per heavy atom. The van der Waals surface area contributed by atoms with Crippen LogP contribution >= 0.6 is 11.6 Å². The largest absolute Gasteiger partial charge is 0.417 e. The van der Waals surface area contributed by atoms with Crippen LogP contribution in [0.3, 0.4) is 0 Å². The standard InChI is InChI=1S/C9H6ClF3N4O/c1-14-8-16-7(18-17-8)6-5(10)2-4(3-15-6)9(11,12)13/h2-3H,1H3,(H,14,17). The van der Waals surface area contributed by atoms with E-state index in [1.807, 2.05) is 0 Å². The van der Waals surface area contributed by atoms with E-state index >= 15 is 0 Å². The number of alkyl halides is 3. The van der Waals surface area contributed by atoms with Crippen molar-refractivity contribution in [3.63, 3.8) is 0 Å². The maximum Gasteiger partial charge on any atom is 0.417 e. The maximum absolute atomic E-state index is 12.4. The number of hydrogen-bond donors (Lipinski definition) is 1. The first-order valence-corrected chi connectivity index (χ1v) is 5.04. The molecule has 2 aromatic rings. The Kier molecular flexibility index (Phi) is 3.12. The van der Waals surface area contributed by atoms with Crippen LogP contribution in [0.5, 0.6) is 0 Å². The van der Waals surface area contributed by atoms with Gasteiger partial charge in [-0.05, 0) is 11.2 Å². The van der Waals surface area contributed by atoms with Crippen molar-refractivity contribution >= 4 is 17.5 Å². The van der Waals surface area contributed by atoms with Gasteiger partial charge in [0.2, 0.25) is 0 Å². The lowest BCUT2D eigenvalue weighted by Crippen LogP contribution is -2.05. The Morgan fingerprint density at radius 2 is 2.11 bits per heavy atom. The maximum atomic E-state index is 12.4. The van der Waals surface area contributed by atoms with E-state index in [0.717, 1.165) is 6.07 Å². The molecule has 0 aliphatic rings. The highest BCUT2D eigenvalue weighted by Crippen LogP contribution is 2.33. The quantitative estimate of drug-likeness (QED) is 0.915. The van der Waals surface area contributed by atoms with Crippen LogP contribution in [0.1, 0.15) is 5.56 Å². The molecule has 0 atom stereocenters. The third kappa shape index (κ3) is 2.37. The predicted octanol–water partition coefficient (Wildman–Crippen LogP) is 2.85. The van der Waals surface area contributed by atoms with Crippen LogP contribution in [-0.4, -0.2) is 22.2 Å². The summed E-state index contributed by atoms with van der Waals surface area (Å²) in [7, 11) is 1.57. The number of hydrogen-bond acceptors (Lipinski definition) is 5. The highest BCUT2D eigenvalue weighted by atomic mass is 35.5. The molecule has 0 aromatic carbocycles. The number of nitrogens with one attached hydrogen (secondary N) is 1. The van der Waals surface area contributed by atoms with Gasteiger partial charge < -0.3 is 9.84 Å². The van der Waals surface area contributed by atoms with Crippen LogP contribution in [0.2, 0.25) is 5.02 Å². The summed E-state index contributed by atoms with van der Waals surface area (Å²) in [5, 5.41) is 5.90. The lowest BCUT2D eigenvalue weighted by atomic mass is 10.2. The molecular formula is C9H6ClF3N4O. The summed E-state index contributed by atoms with van der Waals surface area (Å²) in [6.45, 7) is 0. The summed E-state index contributed by atoms with van der Waals surface area (Å²) in [6.07, 6.45) is -3.84. The van der Waals surface area contributed by atoms with E-state index in [1.165, 1.54) is 0 Å². The van der Waals surface area contributed by atoms with Crippen molar-refractivity contribution in [2.75, 3.05) is 12.4 Å². The van der Waals surface area contributed by atoms with Crippen molar-refractivity contribution < 1.29 is 17.7 Å². The highest BCUT2D eigenvalue weighted by molar-refractivity contribution is 6.32. The minimum Gasteiger partial charge on any atom is -0.355 e. The fourth-order valence-corrected chi connectivity index (χ4v) is 1.42. The Balaban J connectivity index is 2.41. The van der Waals surface area contributed by atoms with Gasteiger partial charge in [-0.25, -0.2) is 4.98 Å². The van der Waals surface area contributed by atoms with Crippen molar-refractivity contribution in [2.24, 2.45) is 0 Å². The predicted molar refractivity (Wildman–Crippen MR) is 57.1 cm³/mol. The van der Waals surface area contributed by atoms with E-state index in [1.54, 1.807) is 7.05 Å². The van der Waals surface area contributed by atoms with E-state index in [0.29, 0.717) is 6.20 Å². The molecule has 0 spiro atoms. The molecule has 0 fully saturated rings. The van der Waals surface area contributed by atoms with Crippen LogP contribution in [-0.2, 0) is 6.18 Å². The van der Waals surface area contributed by atoms with Gasteiger partial charge in [-0.3, -0.25) is 0 Å². The number of halogens is 4. The number of anilines is 1. The molecule has 5 nitrogen and oxygen atoms in total. The van der Waals surface area contributed by atoms with Crippen molar-refractivity contribution in [3.05, 3.63) is 22.8 Å². The third-order valence-corrected chi connectivity index (χ3v) is 2.31. The van der Waals surface area contributed by atoms with E-state index in [9.17, 15) is 13.2 Å². The van der Waals surface area contributed by atoms with E-state index < -0.39 is 11.7 Å². The van der Waals surface area contributed by atoms with Gasteiger partial charge >= 0.3 is 6.18 Å². The Hall–Kier alpha value is -1.83. The fourth-order valence-electron chi connectivity index (χ4n) is 1.17. The zero-order valence-electron chi connectivity index (χ0n) is 8.92. The zero-order chi connectivity index (χ0) is 13.3. The molecule has 0 saturated heterocycles. The van der Waals surface area contributed by atoms with Gasteiger partial charge in [0.15, 0.2) is 0 Å². The minimum absolute atomic E-state index is 0.00123. The fraction of sp³-hybridized carbons (Fsp3) is 0.222. The van der Waals surface area contributed by atoms with E-state index in [2.05, 4.69) is 20.4 Å². The van der Waals surface area contributed by atoms with Crippen LogP contribution < -0.4 is 5.32 Å². The van der Waals surface area contributed by atoms with Gasteiger partial charge in [-0.1, -0.05) is 11.6 Å². The third-order valence-electron chi connectivity index (χ3n) is 2.02. The van der Waals surface area contributed by atoms with Crippen molar-refractivity contribution in [1.29, 1.82) is 0 Å². The lowest BCUT2D eigenvalue weighted by molar-refractivity contribution is -0.137. The molecule has 18 heavy (non-hydrogen) atoms. The first-order chi connectivity index (χ1) is 8.41. The Bertz CT molecular complexity index is 569. The molecule has 0 aliphatic carbocycles. The summed E-state index contributed by atoms with van der Waals surface area (Å²) in [6, 6.07) is 0.757. The molecule has 1 N–H and O–H groups in total. The molecule has 0 saturated carbocycles. The normalized spacial score (nSPS) is 11.6. The molecule has 9 heteroatoms. The van der Waals surface area contributed by atoms with Crippen LogP contribution in [0.4, 0.5) is 19.1 Å². The molecule has 0 amide bonds. The van der Waals surface area contributed by atoms with Gasteiger partial charge in [-0.15, -0.1) is 0 Å². The Labute approximate surface area is 104 Å². The summed E-state index contributed by atoms with van der Waals surface area (Å²) in [5.41, 5.74) is -0.941. The second-order valence-corrected chi connectivity index (χ2v) is 3.63. The molecule has 96 valence electrons. The summed E-state index contributed by atoms with van der Waals surface area (Å²) < 4.78 is 42.0. The second kappa shape index (κ2) is 4.45. The topological polar surface area (TPSA) is 63.8 Å². The van der Waals surface area contributed by atoms with Crippen molar-refractivity contribution in [3.8, 4) is 11.6 Å². The molecule has 0 aliphatic heterocycles. The second-order valence-electron chi connectivity index (χ2n) is 3.23. The molecule has 0 radical (unpaired) electrons. The monoisotopic (exact) mass is 278 g/mol. The van der Waals surface area contributed by atoms with Gasteiger partial charge in [0.05, 0.1) is 10.6 Å². The summed E-state index contributed by atoms with van der Waals surface area (Å²) in [5.74, 6) is 0.126. The first-order valence-electron chi connectivity index (χ1n) is 4.66. The first kappa shape index (κ1) is 12.6. The smallest absolute Gasteiger partial charge is 0.355 e. The average Bonchev–Trinajstić information content (AvgIpc) is 2.76. The van der Waals surface area contributed by atoms with Crippen molar-refractivity contribution in [2.45, 2.75) is 6.18 Å². The SMILES string of the molecule is CNc1noc(-c2ncc(C(F)(F)F)cc2Cl)n1. The number of pyridine rings is 1. The molecule has 0 bridgehead atoms.